The number of benzene rings is 3. The van der Waals surface area contributed by atoms with E-state index >= 15 is 0 Å². The van der Waals surface area contributed by atoms with Crippen LogP contribution in [0.15, 0.2) is 66.7 Å². The van der Waals surface area contributed by atoms with Gasteiger partial charge in [-0.2, -0.15) is 4.98 Å². The van der Waals surface area contributed by atoms with Gasteiger partial charge in [0.15, 0.2) is 0 Å². The van der Waals surface area contributed by atoms with Crippen molar-refractivity contribution < 1.29 is 24.2 Å². The molecule has 0 unspecified atom stereocenters. The summed E-state index contributed by atoms with van der Waals surface area (Å²) < 4.78 is 12.1. The van der Waals surface area contributed by atoms with Gasteiger partial charge in [-0.25, -0.2) is 0 Å². The van der Waals surface area contributed by atoms with Crippen LogP contribution in [0, 0.1) is 5.92 Å². The number of methoxy groups -OCH3 is 1. The lowest BCUT2D eigenvalue weighted by Crippen LogP contribution is -2.35. The number of aromatic nitrogens is 1. The van der Waals surface area contributed by atoms with Gasteiger partial charge >= 0.3 is 5.97 Å². The Balaban J connectivity index is 1.05. The van der Waals surface area contributed by atoms with Crippen molar-refractivity contribution in [3.05, 3.63) is 99.0 Å². The zero-order chi connectivity index (χ0) is 34.8. The Morgan fingerprint density at radius 1 is 1.00 bits per heavy atom. The van der Waals surface area contributed by atoms with Crippen molar-refractivity contribution in [3.8, 4) is 34.0 Å². The van der Waals surface area contributed by atoms with Gasteiger partial charge in [0, 0.05) is 55.3 Å². The average molecular weight is 716 g/mol. The summed E-state index contributed by atoms with van der Waals surface area (Å²) in [6.45, 7) is 3.16. The van der Waals surface area contributed by atoms with Crippen molar-refractivity contribution in [1.82, 2.24) is 20.5 Å². The van der Waals surface area contributed by atoms with Crippen molar-refractivity contribution in [2.75, 3.05) is 26.7 Å². The lowest BCUT2D eigenvalue weighted by molar-refractivity contribution is -0.141. The van der Waals surface area contributed by atoms with Crippen molar-refractivity contribution in [2.24, 2.45) is 5.92 Å². The molecular formula is C39H40Cl2N4O5. The summed E-state index contributed by atoms with van der Waals surface area (Å²) in [6.07, 6.45) is 3.44. The van der Waals surface area contributed by atoms with Crippen molar-refractivity contribution in [2.45, 2.75) is 57.3 Å². The highest BCUT2D eigenvalue weighted by molar-refractivity contribution is 6.36. The van der Waals surface area contributed by atoms with Crippen LogP contribution in [0.1, 0.15) is 54.0 Å². The van der Waals surface area contributed by atoms with Crippen molar-refractivity contribution in [3.63, 3.8) is 0 Å². The molecule has 7 rings (SSSR count). The summed E-state index contributed by atoms with van der Waals surface area (Å²) in [5.74, 6) is -0.270. The standard InChI is InChI=1S/C39H40Cl2N4O5/c1-49-37-26(22-45-17-16-25(21-45)39(47)48)18-33(40)38(44-37)50-34-14-13-30-29(5-3-6-31(30)34)32-7-2-4-28(36(32)41)24-10-8-23(9-11-24)19-42-20-27-12-15-35(46)43-27/h2-11,18,25,27,34,42H,12-17,19-22H2,1H3,(H,43,46)(H,47,48)/t25-,27-,34-/m0/s1. The van der Waals surface area contributed by atoms with Crippen LogP contribution in [0.3, 0.4) is 0 Å². The van der Waals surface area contributed by atoms with E-state index in [1.807, 2.05) is 18.2 Å². The molecule has 1 aromatic heterocycles. The van der Waals surface area contributed by atoms with E-state index < -0.39 is 5.97 Å². The Morgan fingerprint density at radius 2 is 1.78 bits per heavy atom. The van der Waals surface area contributed by atoms with Crippen LogP contribution < -0.4 is 20.1 Å². The highest BCUT2D eigenvalue weighted by Gasteiger charge is 2.31. The first kappa shape index (κ1) is 34.3. The highest BCUT2D eigenvalue weighted by atomic mass is 35.5. The van der Waals surface area contributed by atoms with Gasteiger partial charge in [0.25, 0.3) is 0 Å². The molecule has 0 spiro atoms. The molecule has 3 aromatic carbocycles. The van der Waals surface area contributed by atoms with E-state index in [2.05, 4.69) is 69.0 Å². The molecule has 2 saturated heterocycles. The molecule has 3 aliphatic rings. The molecule has 0 saturated carbocycles. The fourth-order valence-corrected chi connectivity index (χ4v) is 7.95. The van der Waals surface area contributed by atoms with Gasteiger partial charge in [-0.3, -0.25) is 14.5 Å². The Morgan fingerprint density at radius 3 is 2.52 bits per heavy atom. The molecule has 3 heterocycles. The molecule has 2 fully saturated rings. The van der Waals surface area contributed by atoms with Crippen molar-refractivity contribution in [1.29, 1.82) is 0 Å². The molecule has 9 nitrogen and oxygen atoms in total. The van der Waals surface area contributed by atoms with Gasteiger partial charge in [-0.15, -0.1) is 0 Å². The maximum atomic E-state index is 11.5. The summed E-state index contributed by atoms with van der Waals surface area (Å²) in [5.41, 5.74) is 8.30. The lowest BCUT2D eigenvalue weighted by Gasteiger charge is -2.20. The molecule has 2 aliphatic heterocycles. The largest absolute Gasteiger partial charge is 0.481 e. The first-order chi connectivity index (χ1) is 24.3. The number of halogens is 2. The number of nitrogens with one attached hydrogen (secondary N) is 2. The van der Waals surface area contributed by atoms with E-state index in [1.165, 1.54) is 11.1 Å². The van der Waals surface area contributed by atoms with Crippen molar-refractivity contribution >= 4 is 35.1 Å². The van der Waals surface area contributed by atoms with Gasteiger partial charge in [0.1, 0.15) is 11.1 Å². The third kappa shape index (κ3) is 7.32. The third-order valence-electron chi connectivity index (χ3n) is 10.0. The van der Waals surface area contributed by atoms with E-state index in [-0.39, 0.29) is 24.0 Å². The Hall–Kier alpha value is -4.15. The number of hydrogen-bond acceptors (Lipinski definition) is 7. The number of carboxylic acid groups (broad SMARTS) is 1. The Bertz CT molecular complexity index is 1900. The Labute approximate surface area is 301 Å². The number of rotatable bonds is 12. The Kier molecular flexibility index (Phi) is 10.3. The second kappa shape index (κ2) is 15.0. The van der Waals surface area contributed by atoms with Gasteiger partial charge in [0.2, 0.25) is 17.7 Å². The lowest BCUT2D eigenvalue weighted by atomic mass is 9.93. The molecule has 260 valence electrons. The zero-order valence-electron chi connectivity index (χ0n) is 27.9. The molecule has 4 aromatic rings. The van der Waals surface area contributed by atoms with Crippen LogP contribution in [-0.2, 0) is 29.1 Å². The fourth-order valence-electron chi connectivity index (χ4n) is 7.40. The van der Waals surface area contributed by atoms with Crippen LogP contribution in [0.4, 0.5) is 0 Å². The quantitative estimate of drug-likeness (QED) is 0.143. The molecule has 1 aliphatic carbocycles. The van der Waals surface area contributed by atoms with E-state index in [4.69, 9.17) is 32.7 Å². The summed E-state index contributed by atoms with van der Waals surface area (Å²) in [5, 5.41) is 16.9. The summed E-state index contributed by atoms with van der Waals surface area (Å²) in [7, 11) is 1.56. The van der Waals surface area contributed by atoms with Crippen LogP contribution in [0.25, 0.3) is 22.3 Å². The minimum atomic E-state index is -0.766. The fraction of sp³-hybridized carbons (Fsp3) is 0.359. The molecule has 50 heavy (non-hydrogen) atoms. The minimum Gasteiger partial charge on any atom is -0.481 e. The number of carboxylic acids is 1. The van der Waals surface area contributed by atoms with Crippen LogP contribution in [-0.4, -0.2) is 59.7 Å². The molecule has 11 heteroatoms. The number of hydrogen-bond donors (Lipinski definition) is 3. The minimum absolute atomic E-state index is 0.132. The van der Waals surface area contributed by atoms with Crippen LogP contribution in [0.5, 0.6) is 11.8 Å². The average Bonchev–Trinajstić information content (AvgIpc) is 3.87. The van der Waals surface area contributed by atoms with Gasteiger partial charge in [0.05, 0.1) is 18.1 Å². The maximum Gasteiger partial charge on any atom is 0.307 e. The molecule has 0 radical (unpaired) electrons. The number of pyridine rings is 1. The van der Waals surface area contributed by atoms with E-state index in [0.29, 0.717) is 54.3 Å². The number of nitrogens with zero attached hydrogens (tertiary/aromatic N) is 2. The molecule has 3 N–H and O–H groups in total. The molecule has 1 amide bonds. The predicted molar refractivity (Wildman–Crippen MR) is 194 cm³/mol. The second-order valence-electron chi connectivity index (χ2n) is 13.3. The van der Waals surface area contributed by atoms with Gasteiger partial charge < -0.3 is 25.2 Å². The molecular weight excluding hydrogens is 675 g/mol. The predicted octanol–water partition coefficient (Wildman–Crippen LogP) is 7.07. The van der Waals surface area contributed by atoms with E-state index in [9.17, 15) is 14.7 Å². The highest BCUT2D eigenvalue weighted by Crippen LogP contribution is 2.44. The summed E-state index contributed by atoms with van der Waals surface area (Å²) in [6, 6.07) is 22.9. The monoisotopic (exact) mass is 714 g/mol. The second-order valence-corrected chi connectivity index (χ2v) is 14.1. The first-order valence-electron chi connectivity index (χ1n) is 17.1. The van der Waals surface area contributed by atoms with Gasteiger partial charge in [-0.05, 0) is 66.1 Å². The number of carbonyl (C=O) groups is 2. The zero-order valence-corrected chi connectivity index (χ0v) is 29.4. The number of fused-ring (bicyclic) bond motifs is 1. The number of carbonyl (C=O) groups excluding carboxylic acids is 1. The third-order valence-corrected chi connectivity index (χ3v) is 10.7. The van der Waals surface area contributed by atoms with Crippen LogP contribution >= 0.6 is 23.2 Å². The van der Waals surface area contributed by atoms with E-state index in [0.717, 1.165) is 65.7 Å². The maximum absolute atomic E-state index is 11.5. The number of amides is 1. The topological polar surface area (TPSA) is 113 Å². The number of aliphatic carboxylic acids is 1. The normalized spacial score (nSPS) is 20.1. The van der Waals surface area contributed by atoms with E-state index in [1.54, 1.807) is 7.11 Å². The SMILES string of the molecule is COc1nc(O[C@H]2CCc3c(-c4cccc(-c5ccc(CNC[C@@H]6CCC(=O)N6)cc5)c4Cl)cccc32)c(Cl)cc1CN1CC[C@H](C(=O)O)C1. The molecule has 0 bridgehead atoms. The van der Waals surface area contributed by atoms with Crippen LogP contribution in [0.2, 0.25) is 10.0 Å². The first-order valence-corrected chi connectivity index (χ1v) is 17.9. The van der Waals surface area contributed by atoms with Gasteiger partial charge in [-0.1, -0.05) is 83.9 Å². The number of ether oxygens (including phenoxy) is 2. The smallest absolute Gasteiger partial charge is 0.307 e. The molecule has 3 atom stereocenters. The summed E-state index contributed by atoms with van der Waals surface area (Å²) in [4.78, 5) is 29.6. The summed E-state index contributed by atoms with van der Waals surface area (Å²) >= 11 is 13.9. The number of likely N-dealkylation sites (tertiary alicyclic amines) is 1.